The Hall–Kier alpha value is -1.01. The van der Waals surface area contributed by atoms with Gasteiger partial charge in [-0.2, -0.15) is 5.06 Å². The second-order valence-corrected chi connectivity index (χ2v) is 5.86. The van der Waals surface area contributed by atoms with Gasteiger partial charge in [0.25, 0.3) is 0 Å². The zero-order chi connectivity index (χ0) is 16.0. The molecular formula is C16H26FNO3. The number of hydroxylamine groups is 2. The van der Waals surface area contributed by atoms with E-state index in [9.17, 15) is 4.39 Å². The molecule has 0 saturated heterocycles. The molecular weight excluding hydrogens is 273 g/mol. The summed E-state index contributed by atoms with van der Waals surface area (Å²) in [6, 6.07) is 3.38. The van der Waals surface area contributed by atoms with Gasteiger partial charge in [0.15, 0.2) is 0 Å². The van der Waals surface area contributed by atoms with Crippen molar-refractivity contribution < 1.29 is 18.7 Å². The van der Waals surface area contributed by atoms with Crippen molar-refractivity contribution >= 4 is 0 Å². The minimum Gasteiger partial charge on any atom is -0.374 e. The van der Waals surface area contributed by atoms with E-state index in [1.54, 1.807) is 32.2 Å². The Kier molecular flexibility index (Phi) is 6.74. The molecule has 21 heavy (non-hydrogen) atoms. The minimum atomic E-state index is -0.421. The zero-order valence-corrected chi connectivity index (χ0v) is 13.8. The molecule has 1 aromatic carbocycles. The lowest BCUT2D eigenvalue weighted by Gasteiger charge is -2.27. The second kappa shape index (κ2) is 7.84. The summed E-state index contributed by atoms with van der Waals surface area (Å²) in [6.07, 6.45) is 0. The van der Waals surface area contributed by atoms with Crippen molar-refractivity contribution in [1.82, 2.24) is 5.06 Å². The van der Waals surface area contributed by atoms with Crippen LogP contribution in [0, 0.1) is 19.7 Å². The molecule has 0 aliphatic carbocycles. The summed E-state index contributed by atoms with van der Waals surface area (Å²) >= 11 is 0. The average Bonchev–Trinajstić information content (AvgIpc) is 2.41. The Morgan fingerprint density at radius 2 is 1.86 bits per heavy atom. The summed E-state index contributed by atoms with van der Waals surface area (Å²) in [5, 5.41) is 1.59. The van der Waals surface area contributed by atoms with Gasteiger partial charge in [-0.3, -0.25) is 0 Å². The summed E-state index contributed by atoms with van der Waals surface area (Å²) in [6.45, 7) is 8.81. The monoisotopic (exact) mass is 299 g/mol. The van der Waals surface area contributed by atoms with Crippen molar-refractivity contribution in [3.8, 4) is 0 Å². The first-order valence-electron chi connectivity index (χ1n) is 6.98. The molecule has 5 heteroatoms. The molecule has 1 rings (SSSR count). The number of nitrogens with zero attached hydrogens (tertiary/aromatic N) is 1. The SMILES string of the molecule is CON(C)COC(C)(C)COCc1cc(C)c(F)cc1C. The van der Waals surface area contributed by atoms with Crippen LogP contribution in [0.1, 0.15) is 30.5 Å². The predicted molar refractivity (Wildman–Crippen MR) is 80.3 cm³/mol. The van der Waals surface area contributed by atoms with Crippen molar-refractivity contribution in [3.63, 3.8) is 0 Å². The molecule has 0 bridgehead atoms. The minimum absolute atomic E-state index is 0.178. The fourth-order valence-corrected chi connectivity index (χ4v) is 1.76. The van der Waals surface area contributed by atoms with E-state index in [-0.39, 0.29) is 5.82 Å². The first-order chi connectivity index (χ1) is 9.75. The third kappa shape index (κ3) is 6.09. The summed E-state index contributed by atoms with van der Waals surface area (Å²) in [5.41, 5.74) is 2.11. The Balaban J connectivity index is 2.47. The van der Waals surface area contributed by atoms with Crippen LogP contribution < -0.4 is 0 Å². The van der Waals surface area contributed by atoms with Gasteiger partial charge in [-0.05, 0) is 50.5 Å². The lowest BCUT2D eigenvalue weighted by Crippen LogP contribution is -2.35. The topological polar surface area (TPSA) is 30.9 Å². The molecule has 0 aliphatic rings. The van der Waals surface area contributed by atoms with E-state index in [0.29, 0.717) is 25.5 Å². The van der Waals surface area contributed by atoms with Crippen LogP contribution in [0.4, 0.5) is 4.39 Å². The van der Waals surface area contributed by atoms with Crippen LogP contribution in [0.15, 0.2) is 12.1 Å². The summed E-state index contributed by atoms with van der Waals surface area (Å²) in [4.78, 5) is 4.99. The van der Waals surface area contributed by atoms with Crippen LogP contribution in [0.3, 0.4) is 0 Å². The molecule has 0 heterocycles. The Labute approximate surface area is 126 Å². The molecule has 0 aliphatic heterocycles. The van der Waals surface area contributed by atoms with E-state index in [4.69, 9.17) is 14.3 Å². The van der Waals surface area contributed by atoms with E-state index in [2.05, 4.69) is 0 Å². The smallest absolute Gasteiger partial charge is 0.126 e. The maximum Gasteiger partial charge on any atom is 0.126 e. The number of ether oxygens (including phenoxy) is 2. The first kappa shape index (κ1) is 18.0. The Morgan fingerprint density at radius 3 is 2.48 bits per heavy atom. The largest absolute Gasteiger partial charge is 0.374 e. The van der Waals surface area contributed by atoms with Crippen molar-refractivity contribution in [2.75, 3.05) is 27.5 Å². The molecule has 0 saturated carbocycles. The van der Waals surface area contributed by atoms with Gasteiger partial charge in [-0.1, -0.05) is 6.07 Å². The van der Waals surface area contributed by atoms with Gasteiger partial charge in [0.05, 0.1) is 25.9 Å². The lowest BCUT2D eigenvalue weighted by atomic mass is 10.1. The first-order valence-corrected chi connectivity index (χ1v) is 6.98. The van der Waals surface area contributed by atoms with E-state index < -0.39 is 5.60 Å². The van der Waals surface area contributed by atoms with E-state index in [1.165, 1.54) is 0 Å². The van der Waals surface area contributed by atoms with Gasteiger partial charge in [0, 0.05) is 7.05 Å². The predicted octanol–water partition coefficient (Wildman–Crippen LogP) is 3.21. The molecule has 0 fully saturated rings. The van der Waals surface area contributed by atoms with Crippen molar-refractivity contribution in [2.24, 2.45) is 0 Å². The van der Waals surface area contributed by atoms with Gasteiger partial charge >= 0.3 is 0 Å². The van der Waals surface area contributed by atoms with Crippen LogP contribution in [0.25, 0.3) is 0 Å². The highest BCUT2D eigenvalue weighted by atomic mass is 19.1. The molecule has 120 valence electrons. The Bertz CT molecular complexity index is 463. The third-order valence-corrected chi connectivity index (χ3v) is 3.27. The summed E-state index contributed by atoms with van der Waals surface area (Å²) in [5.74, 6) is -0.178. The molecule has 0 aromatic heterocycles. The molecule has 1 aromatic rings. The number of halogens is 1. The second-order valence-electron chi connectivity index (χ2n) is 5.86. The Morgan fingerprint density at radius 1 is 1.19 bits per heavy atom. The van der Waals surface area contributed by atoms with Gasteiger partial charge in [-0.25, -0.2) is 4.39 Å². The maximum atomic E-state index is 13.4. The highest BCUT2D eigenvalue weighted by molar-refractivity contribution is 5.31. The standard InChI is InChI=1S/C16H26FNO3/c1-12-8-15(17)13(2)7-14(12)9-20-10-16(3,4)21-11-18(5)19-6/h7-8H,9-11H2,1-6H3. The van der Waals surface area contributed by atoms with Crippen LogP contribution in [0.2, 0.25) is 0 Å². The fraction of sp³-hybridized carbons (Fsp3) is 0.625. The van der Waals surface area contributed by atoms with Gasteiger partial charge < -0.3 is 14.3 Å². The summed E-state index contributed by atoms with van der Waals surface area (Å²) in [7, 11) is 3.38. The third-order valence-electron chi connectivity index (χ3n) is 3.27. The van der Waals surface area contributed by atoms with E-state index in [1.807, 2.05) is 26.8 Å². The molecule has 0 N–H and O–H groups in total. The average molecular weight is 299 g/mol. The number of hydrogen-bond donors (Lipinski definition) is 0. The maximum absolute atomic E-state index is 13.4. The van der Waals surface area contributed by atoms with Gasteiger partial charge in [-0.15, -0.1) is 0 Å². The highest BCUT2D eigenvalue weighted by Crippen LogP contribution is 2.17. The molecule has 0 atom stereocenters. The van der Waals surface area contributed by atoms with E-state index >= 15 is 0 Å². The van der Waals surface area contributed by atoms with Crippen molar-refractivity contribution in [1.29, 1.82) is 0 Å². The molecule has 0 amide bonds. The molecule has 0 unspecified atom stereocenters. The van der Waals surface area contributed by atoms with Crippen LogP contribution in [-0.4, -0.2) is 38.2 Å². The lowest BCUT2D eigenvalue weighted by molar-refractivity contribution is -0.207. The normalized spacial score (nSPS) is 12.2. The quantitative estimate of drug-likeness (QED) is 0.545. The molecule has 0 spiro atoms. The van der Waals surface area contributed by atoms with Crippen LogP contribution in [-0.2, 0) is 20.9 Å². The summed E-state index contributed by atoms with van der Waals surface area (Å²) < 4.78 is 24.8. The molecule has 0 radical (unpaired) electrons. The van der Waals surface area contributed by atoms with E-state index in [0.717, 1.165) is 11.1 Å². The van der Waals surface area contributed by atoms with Gasteiger partial charge in [0.2, 0.25) is 0 Å². The molecule has 4 nitrogen and oxygen atoms in total. The highest BCUT2D eigenvalue weighted by Gasteiger charge is 2.20. The van der Waals surface area contributed by atoms with Gasteiger partial charge in [0.1, 0.15) is 12.5 Å². The van der Waals surface area contributed by atoms with Crippen LogP contribution >= 0.6 is 0 Å². The number of aryl methyl sites for hydroxylation is 2. The van der Waals surface area contributed by atoms with Crippen LogP contribution in [0.5, 0.6) is 0 Å². The zero-order valence-electron chi connectivity index (χ0n) is 13.8. The number of rotatable bonds is 8. The van der Waals surface area contributed by atoms with Crippen molar-refractivity contribution in [3.05, 3.63) is 34.6 Å². The fourth-order valence-electron chi connectivity index (χ4n) is 1.76. The number of hydrogen-bond acceptors (Lipinski definition) is 4. The van der Waals surface area contributed by atoms with Crippen molar-refractivity contribution in [2.45, 2.75) is 39.9 Å². The number of benzene rings is 1.